The predicted octanol–water partition coefficient (Wildman–Crippen LogP) is 4.98. The van der Waals surface area contributed by atoms with Gasteiger partial charge in [-0.15, -0.1) is 0 Å². The SMILES string of the molecule is CCCCC1=C(c2ccc(NC3CCOCC3)cc2)CN2C=CC=CC2=N1. The Balaban J connectivity index is 1.55. The summed E-state index contributed by atoms with van der Waals surface area (Å²) in [5, 5.41) is 3.65. The van der Waals surface area contributed by atoms with Crippen LogP contribution in [-0.4, -0.2) is 36.5 Å². The maximum atomic E-state index is 5.45. The van der Waals surface area contributed by atoms with Crippen LogP contribution in [-0.2, 0) is 4.74 Å². The van der Waals surface area contributed by atoms with Crippen molar-refractivity contribution in [3.05, 3.63) is 60.0 Å². The average Bonchev–Trinajstić information content (AvgIpc) is 2.73. The van der Waals surface area contributed by atoms with Gasteiger partial charge < -0.3 is 15.0 Å². The number of amidine groups is 1. The molecule has 0 aromatic heterocycles. The highest BCUT2D eigenvalue weighted by atomic mass is 16.5. The largest absolute Gasteiger partial charge is 0.382 e. The molecule has 3 heterocycles. The van der Waals surface area contributed by atoms with Crippen LogP contribution in [0.4, 0.5) is 5.69 Å². The molecule has 1 fully saturated rings. The van der Waals surface area contributed by atoms with Crippen molar-refractivity contribution in [1.82, 2.24) is 4.90 Å². The van der Waals surface area contributed by atoms with Gasteiger partial charge in [-0.25, -0.2) is 4.99 Å². The zero-order valence-corrected chi connectivity index (χ0v) is 16.2. The van der Waals surface area contributed by atoms with Crippen molar-refractivity contribution < 1.29 is 4.74 Å². The second-order valence-corrected chi connectivity index (χ2v) is 7.44. The fourth-order valence-electron chi connectivity index (χ4n) is 3.82. The van der Waals surface area contributed by atoms with Crippen LogP contribution in [0, 0.1) is 0 Å². The Hall–Kier alpha value is -2.33. The summed E-state index contributed by atoms with van der Waals surface area (Å²) in [5.41, 5.74) is 5.07. The Kier molecular flexibility index (Phi) is 5.73. The minimum atomic E-state index is 0.524. The van der Waals surface area contributed by atoms with Gasteiger partial charge in [0.25, 0.3) is 0 Å². The number of rotatable bonds is 6. The minimum Gasteiger partial charge on any atom is -0.382 e. The Morgan fingerprint density at radius 1 is 1.15 bits per heavy atom. The van der Waals surface area contributed by atoms with Crippen LogP contribution in [0.15, 0.2) is 59.4 Å². The van der Waals surface area contributed by atoms with Crippen molar-refractivity contribution in [2.45, 2.75) is 45.1 Å². The fraction of sp³-hybridized carbons (Fsp3) is 0.435. The van der Waals surface area contributed by atoms with Crippen molar-refractivity contribution in [2.75, 3.05) is 25.1 Å². The second kappa shape index (κ2) is 8.57. The Bertz CT molecular complexity index is 767. The highest BCUT2D eigenvalue weighted by Gasteiger charge is 2.21. The molecule has 4 heteroatoms. The van der Waals surface area contributed by atoms with E-state index in [0.717, 1.165) is 44.9 Å². The monoisotopic (exact) mass is 363 g/mol. The smallest absolute Gasteiger partial charge is 0.133 e. The molecule has 0 bridgehead atoms. The van der Waals surface area contributed by atoms with Crippen LogP contribution in [0.1, 0.15) is 44.6 Å². The van der Waals surface area contributed by atoms with Gasteiger partial charge in [0.2, 0.25) is 0 Å². The lowest BCUT2D eigenvalue weighted by molar-refractivity contribution is 0.0904. The number of ether oxygens (including phenoxy) is 1. The lowest BCUT2D eigenvalue weighted by atomic mass is 9.98. The molecule has 1 aromatic rings. The summed E-state index contributed by atoms with van der Waals surface area (Å²) in [4.78, 5) is 7.20. The minimum absolute atomic E-state index is 0.524. The topological polar surface area (TPSA) is 36.9 Å². The highest BCUT2D eigenvalue weighted by Crippen LogP contribution is 2.30. The normalized spacial score (nSPS) is 19.9. The number of aliphatic imine (C=N–C) groups is 1. The molecule has 27 heavy (non-hydrogen) atoms. The molecule has 3 aliphatic heterocycles. The van der Waals surface area contributed by atoms with E-state index in [1.165, 1.54) is 35.4 Å². The summed E-state index contributed by atoms with van der Waals surface area (Å²) < 4.78 is 5.45. The number of hydrogen-bond acceptors (Lipinski definition) is 4. The van der Waals surface area contributed by atoms with E-state index in [9.17, 15) is 0 Å². The number of benzene rings is 1. The molecular formula is C23H29N3O. The predicted molar refractivity (Wildman–Crippen MR) is 113 cm³/mol. The molecule has 0 aliphatic carbocycles. The van der Waals surface area contributed by atoms with Gasteiger partial charge in [0.15, 0.2) is 0 Å². The van der Waals surface area contributed by atoms with Crippen molar-refractivity contribution in [1.29, 1.82) is 0 Å². The Morgan fingerprint density at radius 2 is 1.96 bits per heavy atom. The van der Waals surface area contributed by atoms with E-state index in [1.807, 2.05) is 0 Å². The summed E-state index contributed by atoms with van der Waals surface area (Å²) in [6, 6.07) is 9.43. The summed E-state index contributed by atoms with van der Waals surface area (Å²) >= 11 is 0. The van der Waals surface area contributed by atoms with Crippen LogP contribution in [0.3, 0.4) is 0 Å². The zero-order valence-electron chi connectivity index (χ0n) is 16.2. The molecule has 3 aliphatic rings. The lowest BCUT2D eigenvalue weighted by Gasteiger charge is -2.30. The van der Waals surface area contributed by atoms with Gasteiger partial charge in [0.1, 0.15) is 5.84 Å². The quantitative estimate of drug-likeness (QED) is 0.775. The van der Waals surface area contributed by atoms with Crippen LogP contribution in [0.5, 0.6) is 0 Å². The van der Waals surface area contributed by atoms with Gasteiger partial charge in [-0.3, -0.25) is 0 Å². The number of anilines is 1. The molecule has 142 valence electrons. The molecule has 0 atom stereocenters. The maximum absolute atomic E-state index is 5.45. The number of unbranched alkanes of at least 4 members (excludes halogenated alkanes) is 1. The van der Waals surface area contributed by atoms with Gasteiger partial charge >= 0.3 is 0 Å². The number of fused-ring (bicyclic) bond motifs is 1. The van der Waals surface area contributed by atoms with Gasteiger partial charge in [0.05, 0.1) is 6.54 Å². The molecule has 4 nitrogen and oxygen atoms in total. The molecule has 0 amide bonds. The first-order chi connectivity index (χ1) is 13.3. The average molecular weight is 364 g/mol. The third-order valence-corrected chi connectivity index (χ3v) is 5.44. The Morgan fingerprint density at radius 3 is 2.74 bits per heavy atom. The summed E-state index contributed by atoms with van der Waals surface area (Å²) in [7, 11) is 0. The van der Waals surface area contributed by atoms with Gasteiger partial charge in [-0.05, 0) is 55.5 Å². The first kappa shape index (κ1) is 18.1. The third-order valence-electron chi connectivity index (χ3n) is 5.44. The highest BCUT2D eigenvalue weighted by molar-refractivity contribution is 5.99. The fourth-order valence-corrected chi connectivity index (χ4v) is 3.82. The van der Waals surface area contributed by atoms with Crippen LogP contribution >= 0.6 is 0 Å². The molecule has 0 saturated carbocycles. The van der Waals surface area contributed by atoms with E-state index in [0.29, 0.717) is 6.04 Å². The first-order valence-corrected chi connectivity index (χ1v) is 10.2. The molecule has 0 unspecified atom stereocenters. The molecular weight excluding hydrogens is 334 g/mol. The summed E-state index contributed by atoms with van der Waals surface area (Å²) in [6.45, 7) is 4.86. The lowest BCUT2D eigenvalue weighted by Crippen LogP contribution is -2.31. The van der Waals surface area contributed by atoms with E-state index in [4.69, 9.17) is 9.73 Å². The van der Waals surface area contributed by atoms with Gasteiger partial charge in [0, 0.05) is 42.4 Å². The second-order valence-electron chi connectivity index (χ2n) is 7.44. The molecule has 0 spiro atoms. The van der Waals surface area contributed by atoms with Gasteiger partial charge in [-0.1, -0.05) is 31.6 Å². The zero-order chi connectivity index (χ0) is 18.5. The summed E-state index contributed by atoms with van der Waals surface area (Å²) in [6.07, 6.45) is 13.9. The van der Waals surface area contributed by atoms with Crippen LogP contribution in [0.2, 0.25) is 0 Å². The van der Waals surface area contributed by atoms with E-state index in [1.54, 1.807) is 0 Å². The van der Waals surface area contributed by atoms with Crippen molar-refractivity contribution in [2.24, 2.45) is 4.99 Å². The molecule has 4 rings (SSSR count). The van der Waals surface area contributed by atoms with Gasteiger partial charge in [-0.2, -0.15) is 0 Å². The van der Waals surface area contributed by atoms with E-state index in [2.05, 4.69) is 65.8 Å². The van der Waals surface area contributed by atoms with E-state index < -0.39 is 0 Å². The summed E-state index contributed by atoms with van der Waals surface area (Å²) in [5.74, 6) is 1.06. The number of nitrogens with one attached hydrogen (secondary N) is 1. The van der Waals surface area contributed by atoms with Crippen molar-refractivity contribution in [3.8, 4) is 0 Å². The Labute approximate surface area is 162 Å². The standard InChI is InChI=1S/C23H29N3O/c1-2-3-6-22-21(17-26-14-5-4-7-23(26)25-22)18-8-10-19(11-9-18)24-20-12-15-27-16-13-20/h4-5,7-11,14,20,24H,2-3,6,12-13,15-17H2,1H3. The number of allylic oxidation sites excluding steroid dienone is 3. The maximum Gasteiger partial charge on any atom is 0.133 e. The number of nitrogens with zero attached hydrogens (tertiary/aromatic N) is 2. The van der Waals surface area contributed by atoms with E-state index in [-0.39, 0.29) is 0 Å². The number of hydrogen-bond donors (Lipinski definition) is 1. The first-order valence-electron chi connectivity index (χ1n) is 10.2. The van der Waals surface area contributed by atoms with E-state index >= 15 is 0 Å². The molecule has 0 radical (unpaired) electrons. The molecule has 1 saturated heterocycles. The van der Waals surface area contributed by atoms with Crippen LogP contribution in [0.25, 0.3) is 5.57 Å². The van der Waals surface area contributed by atoms with Crippen LogP contribution < -0.4 is 5.32 Å². The third kappa shape index (κ3) is 4.33. The molecule has 1 aromatic carbocycles. The van der Waals surface area contributed by atoms with Crippen molar-refractivity contribution >= 4 is 17.1 Å². The molecule has 1 N–H and O–H groups in total. The van der Waals surface area contributed by atoms with Crippen molar-refractivity contribution in [3.63, 3.8) is 0 Å².